The summed E-state index contributed by atoms with van der Waals surface area (Å²) in [4.78, 5) is 0. The van der Waals surface area contributed by atoms with Crippen molar-refractivity contribution < 1.29 is 9.13 Å². The minimum atomic E-state index is -0.352. The van der Waals surface area contributed by atoms with E-state index < -0.39 is 0 Å². The fraction of sp³-hybridized carbons (Fsp3) is 0.333. The maximum atomic E-state index is 13.3. The molecule has 0 spiro atoms. The largest absolute Gasteiger partial charge is 0.460 e. The first-order chi connectivity index (χ1) is 7.04. The smallest absolute Gasteiger partial charge is 0.165 e. The summed E-state index contributed by atoms with van der Waals surface area (Å²) < 4.78 is 18.5. The van der Waals surface area contributed by atoms with Crippen LogP contribution in [-0.2, 0) is 0 Å². The van der Waals surface area contributed by atoms with Crippen molar-refractivity contribution in [2.75, 3.05) is 6.26 Å². The van der Waals surface area contributed by atoms with Crippen LogP contribution in [0.3, 0.4) is 0 Å². The molecule has 0 N–H and O–H groups in total. The molecule has 82 valence electrons. The lowest BCUT2D eigenvalue weighted by atomic mass is 10.1. The number of benzene rings is 1. The summed E-state index contributed by atoms with van der Waals surface area (Å²) in [6.07, 6.45) is 2.02. The highest BCUT2D eigenvalue weighted by Gasteiger charge is 2.09. The van der Waals surface area contributed by atoms with Gasteiger partial charge in [-0.2, -0.15) is 11.8 Å². The highest BCUT2D eigenvalue weighted by atomic mass is 32.2. The molecule has 0 heterocycles. The lowest BCUT2D eigenvalue weighted by Gasteiger charge is -2.11. The zero-order valence-corrected chi connectivity index (χ0v) is 10.0. The number of hydrogen-bond acceptors (Lipinski definition) is 2. The molecule has 3 heteroatoms. The Kier molecular flexibility index (Phi) is 4.21. The van der Waals surface area contributed by atoms with Gasteiger partial charge in [-0.25, -0.2) is 4.39 Å². The number of hydrogen-bond donors (Lipinski definition) is 0. The van der Waals surface area contributed by atoms with Gasteiger partial charge in [0.15, 0.2) is 11.6 Å². The molecule has 1 unspecified atom stereocenters. The summed E-state index contributed by atoms with van der Waals surface area (Å²) in [5.41, 5.74) is 1.06. The first kappa shape index (κ1) is 12.1. The monoisotopic (exact) mass is 226 g/mol. The Balaban J connectivity index is 2.99. The highest BCUT2D eigenvalue weighted by molar-refractivity contribution is 7.98. The Morgan fingerprint density at radius 1 is 1.53 bits per heavy atom. The first-order valence-corrected chi connectivity index (χ1v) is 5.99. The van der Waals surface area contributed by atoms with Crippen molar-refractivity contribution in [1.82, 2.24) is 0 Å². The van der Waals surface area contributed by atoms with E-state index in [4.69, 9.17) is 4.74 Å². The highest BCUT2D eigenvalue weighted by Crippen LogP contribution is 2.30. The molecule has 0 aliphatic carbocycles. The van der Waals surface area contributed by atoms with Crippen molar-refractivity contribution in [3.05, 3.63) is 41.9 Å². The van der Waals surface area contributed by atoms with Crippen molar-refractivity contribution in [3.63, 3.8) is 0 Å². The molecule has 1 aromatic carbocycles. The topological polar surface area (TPSA) is 9.23 Å². The van der Waals surface area contributed by atoms with Gasteiger partial charge in [0, 0.05) is 5.25 Å². The number of ether oxygens (including phenoxy) is 1. The lowest BCUT2D eigenvalue weighted by Crippen LogP contribution is -1.95. The van der Waals surface area contributed by atoms with Crippen LogP contribution < -0.4 is 4.74 Å². The number of halogens is 1. The van der Waals surface area contributed by atoms with Gasteiger partial charge in [0.1, 0.15) is 0 Å². The fourth-order valence-electron chi connectivity index (χ4n) is 1.17. The fourth-order valence-corrected chi connectivity index (χ4v) is 1.59. The Hall–Kier alpha value is -0.960. The second kappa shape index (κ2) is 5.21. The Morgan fingerprint density at radius 2 is 2.20 bits per heavy atom. The Morgan fingerprint density at radius 3 is 2.73 bits per heavy atom. The average molecular weight is 226 g/mol. The van der Waals surface area contributed by atoms with Crippen LogP contribution in [0, 0.1) is 5.82 Å². The second-order valence-electron chi connectivity index (χ2n) is 3.37. The van der Waals surface area contributed by atoms with Gasteiger partial charge in [0.25, 0.3) is 0 Å². The van der Waals surface area contributed by atoms with Crippen LogP contribution in [0.2, 0.25) is 0 Å². The molecule has 0 saturated carbocycles. The van der Waals surface area contributed by atoms with Crippen LogP contribution in [0.1, 0.15) is 24.7 Å². The minimum absolute atomic E-state index is 0.251. The molecule has 0 amide bonds. The average Bonchev–Trinajstić information content (AvgIpc) is 2.19. The zero-order chi connectivity index (χ0) is 11.4. The van der Waals surface area contributed by atoms with Crippen LogP contribution >= 0.6 is 11.8 Å². The van der Waals surface area contributed by atoms with E-state index in [-0.39, 0.29) is 11.6 Å². The van der Waals surface area contributed by atoms with Crippen molar-refractivity contribution in [3.8, 4) is 5.75 Å². The van der Waals surface area contributed by atoms with E-state index in [1.165, 1.54) is 6.07 Å². The van der Waals surface area contributed by atoms with Crippen molar-refractivity contribution >= 4 is 11.8 Å². The normalized spacial score (nSPS) is 12.3. The number of allylic oxidation sites excluding steroid dienone is 1. The first-order valence-electron chi connectivity index (χ1n) is 4.70. The van der Waals surface area contributed by atoms with E-state index in [1.807, 2.05) is 6.26 Å². The van der Waals surface area contributed by atoms with Gasteiger partial charge < -0.3 is 4.74 Å². The quantitative estimate of drug-likeness (QED) is 0.713. The molecule has 1 nitrogen and oxygen atoms in total. The van der Waals surface area contributed by atoms with Crippen molar-refractivity contribution in [1.29, 1.82) is 0 Å². The van der Waals surface area contributed by atoms with Crippen molar-refractivity contribution in [2.45, 2.75) is 19.1 Å². The van der Waals surface area contributed by atoms with Crippen LogP contribution in [0.5, 0.6) is 5.75 Å². The summed E-state index contributed by atoms with van der Waals surface area (Å²) in [5, 5.41) is 0.332. The van der Waals surface area contributed by atoms with Crippen LogP contribution in [-0.4, -0.2) is 6.26 Å². The van der Waals surface area contributed by atoms with Crippen LogP contribution in [0.25, 0.3) is 0 Å². The Labute approximate surface area is 94.3 Å². The van der Waals surface area contributed by atoms with Crippen molar-refractivity contribution in [2.24, 2.45) is 0 Å². The van der Waals surface area contributed by atoms with E-state index in [1.54, 1.807) is 30.8 Å². The number of thioether (sulfide) groups is 1. The molecule has 0 bridgehead atoms. The molecule has 0 saturated heterocycles. The van der Waals surface area contributed by atoms with Crippen LogP contribution in [0.15, 0.2) is 30.5 Å². The van der Waals surface area contributed by atoms with Gasteiger partial charge in [-0.3, -0.25) is 0 Å². The summed E-state index contributed by atoms with van der Waals surface area (Å²) in [7, 11) is 0. The maximum absolute atomic E-state index is 13.3. The lowest BCUT2D eigenvalue weighted by molar-refractivity contribution is 0.400. The van der Waals surface area contributed by atoms with Crippen LogP contribution in [0.4, 0.5) is 4.39 Å². The standard InChI is InChI=1S/C12H15FOS/c1-8(2)14-12-7-10(9(3)15-4)5-6-11(12)13/h5-7,9H,1H2,2-4H3. The van der Waals surface area contributed by atoms with Gasteiger partial charge in [-0.05, 0) is 37.8 Å². The summed E-state index contributed by atoms with van der Waals surface area (Å²) in [6.45, 7) is 7.36. The molecule has 0 fully saturated rings. The molecule has 1 atom stereocenters. The molecule has 0 aromatic heterocycles. The SMILES string of the molecule is C=C(C)Oc1cc(C(C)SC)ccc1F. The molecule has 0 radical (unpaired) electrons. The molecule has 1 aromatic rings. The summed E-state index contributed by atoms with van der Waals surface area (Å²) >= 11 is 1.71. The summed E-state index contributed by atoms with van der Waals surface area (Å²) in [6, 6.07) is 4.94. The maximum Gasteiger partial charge on any atom is 0.165 e. The van der Waals surface area contributed by atoms with Gasteiger partial charge >= 0.3 is 0 Å². The van der Waals surface area contributed by atoms with E-state index in [0.29, 0.717) is 11.0 Å². The van der Waals surface area contributed by atoms with E-state index in [2.05, 4.69) is 13.5 Å². The van der Waals surface area contributed by atoms with Gasteiger partial charge in [-0.1, -0.05) is 12.6 Å². The van der Waals surface area contributed by atoms with Gasteiger partial charge in [0.2, 0.25) is 0 Å². The third-order valence-electron chi connectivity index (χ3n) is 2.06. The molecule has 0 aliphatic heterocycles. The van der Waals surface area contributed by atoms with E-state index >= 15 is 0 Å². The number of rotatable bonds is 4. The predicted molar refractivity (Wildman–Crippen MR) is 63.8 cm³/mol. The molecule has 1 rings (SSSR count). The van der Waals surface area contributed by atoms with Gasteiger partial charge in [0.05, 0.1) is 5.76 Å². The zero-order valence-electron chi connectivity index (χ0n) is 9.21. The molecule has 0 aliphatic rings. The summed E-state index contributed by atoms with van der Waals surface area (Å²) in [5.74, 6) is 0.388. The predicted octanol–water partition coefficient (Wildman–Crippen LogP) is 4.16. The van der Waals surface area contributed by atoms with Gasteiger partial charge in [-0.15, -0.1) is 0 Å². The Bertz CT molecular complexity index is 363. The van der Waals surface area contributed by atoms with E-state index in [9.17, 15) is 4.39 Å². The molecular weight excluding hydrogens is 211 g/mol. The molecule has 15 heavy (non-hydrogen) atoms. The minimum Gasteiger partial charge on any atom is -0.460 e. The third-order valence-corrected chi connectivity index (χ3v) is 3.04. The second-order valence-corrected chi connectivity index (χ2v) is 4.55. The third kappa shape index (κ3) is 3.27. The van der Waals surface area contributed by atoms with E-state index in [0.717, 1.165) is 5.56 Å². The molecular formula is C12H15FOS.